The third kappa shape index (κ3) is 3.05. The van der Waals surface area contributed by atoms with Gasteiger partial charge < -0.3 is 15.3 Å². The smallest absolute Gasteiger partial charge is 0.323 e. The number of nitrogens with zero attached hydrogens (tertiary/aromatic N) is 1. The van der Waals surface area contributed by atoms with Gasteiger partial charge in [-0.3, -0.25) is 9.59 Å². The molecule has 0 unspecified atom stereocenters. The van der Waals surface area contributed by atoms with E-state index >= 15 is 0 Å². The predicted octanol–water partition coefficient (Wildman–Crippen LogP) is 1.35. The summed E-state index contributed by atoms with van der Waals surface area (Å²) >= 11 is 0. The second kappa shape index (κ2) is 5.73. The van der Waals surface area contributed by atoms with Crippen LogP contribution in [0.3, 0.4) is 0 Å². The van der Waals surface area contributed by atoms with Gasteiger partial charge in [-0.25, -0.2) is 0 Å². The molecule has 0 fully saturated rings. The molecule has 0 spiro atoms. The highest BCUT2D eigenvalue weighted by Gasteiger charge is 2.30. The number of carbonyl (C=O) groups excluding carboxylic acids is 1. The van der Waals surface area contributed by atoms with Gasteiger partial charge in [0.15, 0.2) is 0 Å². The Morgan fingerprint density at radius 1 is 1.42 bits per heavy atom. The van der Waals surface area contributed by atoms with Crippen LogP contribution in [0.25, 0.3) is 0 Å². The normalized spacial score (nSPS) is 16.6. The van der Waals surface area contributed by atoms with Crippen LogP contribution in [-0.4, -0.2) is 41.0 Å². The second-order valence-corrected chi connectivity index (χ2v) is 4.71. The molecule has 1 heterocycles. The van der Waals surface area contributed by atoms with Crippen molar-refractivity contribution in [1.82, 2.24) is 4.90 Å². The SMILES string of the molecule is CCCN(CC(=O)O)C(=O)[C@@H]1Cc2ccccc2N1. The van der Waals surface area contributed by atoms with Crippen LogP contribution in [0.15, 0.2) is 24.3 Å². The van der Waals surface area contributed by atoms with Gasteiger partial charge >= 0.3 is 5.97 Å². The zero-order valence-corrected chi connectivity index (χ0v) is 10.9. The number of hydrogen-bond acceptors (Lipinski definition) is 3. The fourth-order valence-electron chi connectivity index (χ4n) is 2.37. The minimum Gasteiger partial charge on any atom is -0.480 e. The van der Waals surface area contributed by atoms with Crippen molar-refractivity contribution in [2.24, 2.45) is 0 Å². The Bertz CT molecular complexity index is 462. The summed E-state index contributed by atoms with van der Waals surface area (Å²) < 4.78 is 0. The van der Waals surface area contributed by atoms with E-state index in [-0.39, 0.29) is 18.5 Å². The summed E-state index contributed by atoms with van der Waals surface area (Å²) in [5, 5.41) is 12.0. The van der Waals surface area contributed by atoms with E-state index in [0.29, 0.717) is 13.0 Å². The highest BCUT2D eigenvalue weighted by molar-refractivity contribution is 5.89. The molecule has 0 radical (unpaired) electrons. The van der Waals surface area contributed by atoms with Crippen LogP contribution in [0.2, 0.25) is 0 Å². The van der Waals surface area contributed by atoms with E-state index in [1.165, 1.54) is 4.90 Å². The molecule has 102 valence electrons. The van der Waals surface area contributed by atoms with Crippen LogP contribution in [0.4, 0.5) is 5.69 Å². The summed E-state index contributed by atoms with van der Waals surface area (Å²) in [7, 11) is 0. The van der Waals surface area contributed by atoms with Crippen LogP contribution >= 0.6 is 0 Å². The fourth-order valence-corrected chi connectivity index (χ4v) is 2.37. The number of benzene rings is 1. The lowest BCUT2D eigenvalue weighted by Gasteiger charge is -2.23. The van der Waals surface area contributed by atoms with Crippen molar-refractivity contribution in [3.05, 3.63) is 29.8 Å². The summed E-state index contributed by atoms with van der Waals surface area (Å²) in [4.78, 5) is 24.6. The molecule has 2 rings (SSSR count). The largest absolute Gasteiger partial charge is 0.480 e. The average Bonchev–Trinajstić information content (AvgIpc) is 2.80. The molecule has 0 aliphatic carbocycles. The van der Waals surface area contributed by atoms with Crippen molar-refractivity contribution in [2.75, 3.05) is 18.4 Å². The monoisotopic (exact) mass is 262 g/mol. The summed E-state index contributed by atoms with van der Waals surface area (Å²) in [6.07, 6.45) is 1.37. The molecule has 5 nitrogen and oxygen atoms in total. The first-order chi connectivity index (χ1) is 9.11. The highest BCUT2D eigenvalue weighted by atomic mass is 16.4. The number of anilines is 1. The van der Waals surface area contributed by atoms with Crippen molar-refractivity contribution < 1.29 is 14.7 Å². The van der Waals surface area contributed by atoms with Crippen LogP contribution in [0.1, 0.15) is 18.9 Å². The van der Waals surface area contributed by atoms with Gasteiger partial charge in [-0.05, 0) is 18.1 Å². The molecule has 5 heteroatoms. The Balaban J connectivity index is 2.06. The number of nitrogens with one attached hydrogen (secondary N) is 1. The Kier molecular flexibility index (Phi) is 4.04. The fraction of sp³-hybridized carbons (Fsp3) is 0.429. The number of rotatable bonds is 5. The van der Waals surface area contributed by atoms with Crippen LogP contribution < -0.4 is 5.32 Å². The molecule has 19 heavy (non-hydrogen) atoms. The van der Waals surface area contributed by atoms with Crippen molar-refractivity contribution in [1.29, 1.82) is 0 Å². The van der Waals surface area contributed by atoms with E-state index in [1.807, 2.05) is 31.2 Å². The number of para-hydroxylation sites is 1. The molecule has 2 N–H and O–H groups in total. The maximum Gasteiger partial charge on any atom is 0.323 e. The minimum atomic E-state index is -0.975. The topological polar surface area (TPSA) is 69.6 Å². The van der Waals surface area contributed by atoms with Crippen molar-refractivity contribution >= 4 is 17.6 Å². The first-order valence-electron chi connectivity index (χ1n) is 6.47. The van der Waals surface area contributed by atoms with Gasteiger partial charge in [-0.15, -0.1) is 0 Å². The van der Waals surface area contributed by atoms with E-state index in [2.05, 4.69) is 5.32 Å². The molecule has 0 bridgehead atoms. The number of carboxylic acids is 1. The number of carboxylic acid groups (broad SMARTS) is 1. The van der Waals surface area contributed by atoms with Crippen molar-refractivity contribution in [3.8, 4) is 0 Å². The van der Waals surface area contributed by atoms with Crippen LogP contribution in [0, 0.1) is 0 Å². The van der Waals surface area contributed by atoms with Gasteiger partial charge in [0.2, 0.25) is 5.91 Å². The number of carbonyl (C=O) groups is 2. The predicted molar refractivity (Wildman–Crippen MR) is 72.1 cm³/mol. The minimum absolute atomic E-state index is 0.138. The van der Waals surface area contributed by atoms with Gasteiger partial charge in [0.1, 0.15) is 12.6 Å². The lowest BCUT2D eigenvalue weighted by atomic mass is 10.1. The van der Waals surface area contributed by atoms with E-state index in [0.717, 1.165) is 17.7 Å². The average molecular weight is 262 g/mol. The van der Waals surface area contributed by atoms with Gasteiger partial charge in [-0.2, -0.15) is 0 Å². The molecular formula is C14H18N2O3. The first-order valence-corrected chi connectivity index (χ1v) is 6.47. The summed E-state index contributed by atoms with van der Waals surface area (Å²) in [6, 6.07) is 7.43. The van der Waals surface area contributed by atoms with Crippen molar-refractivity contribution in [3.63, 3.8) is 0 Å². The molecule has 0 saturated heterocycles. The van der Waals surface area contributed by atoms with Crippen molar-refractivity contribution in [2.45, 2.75) is 25.8 Å². The van der Waals surface area contributed by atoms with E-state index in [9.17, 15) is 9.59 Å². The summed E-state index contributed by atoms with van der Waals surface area (Å²) in [5.41, 5.74) is 2.07. The Morgan fingerprint density at radius 3 is 2.79 bits per heavy atom. The summed E-state index contributed by atoms with van der Waals surface area (Å²) in [5.74, 6) is -1.11. The Hall–Kier alpha value is -2.04. The number of hydrogen-bond donors (Lipinski definition) is 2. The quantitative estimate of drug-likeness (QED) is 0.840. The van der Waals surface area contributed by atoms with Gasteiger partial charge in [-0.1, -0.05) is 25.1 Å². The second-order valence-electron chi connectivity index (χ2n) is 4.71. The molecule has 1 aromatic carbocycles. The maximum atomic E-state index is 12.3. The molecular weight excluding hydrogens is 244 g/mol. The molecule has 1 aliphatic rings. The van der Waals surface area contributed by atoms with E-state index < -0.39 is 5.97 Å². The lowest BCUT2D eigenvalue weighted by Crippen LogP contribution is -2.44. The molecule has 0 aromatic heterocycles. The highest BCUT2D eigenvalue weighted by Crippen LogP contribution is 2.26. The first kappa shape index (κ1) is 13.4. The van der Waals surface area contributed by atoms with Gasteiger partial charge in [0, 0.05) is 18.7 Å². The van der Waals surface area contributed by atoms with E-state index in [4.69, 9.17) is 5.11 Å². The zero-order chi connectivity index (χ0) is 13.8. The van der Waals surface area contributed by atoms with E-state index in [1.54, 1.807) is 0 Å². The van der Waals surface area contributed by atoms with Gasteiger partial charge in [0.25, 0.3) is 0 Å². The number of aliphatic carboxylic acids is 1. The summed E-state index contributed by atoms with van der Waals surface area (Å²) in [6.45, 7) is 2.17. The Labute approximate surface area is 112 Å². The molecule has 1 amide bonds. The zero-order valence-electron chi connectivity index (χ0n) is 10.9. The standard InChI is InChI=1S/C14H18N2O3/c1-2-7-16(9-13(17)18)14(19)12-8-10-5-3-4-6-11(10)15-12/h3-6,12,15H,2,7-9H2,1H3,(H,17,18)/t12-/m0/s1. The third-order valence-electron chi connectivity index (χ3n) is 3.20. The Morgan fingerprint density at radius 2 is 2.16 bits per heavy atom. The molecule has 1 aromatic rings. The lowest BCUT2D eigenvalue weighted by molar-refractivity contribution is -0.144. The number of amides is 1. The van der Waals surface area contributed by atoms with Crippen LogP contribution in [-0.2, 0) is 16.0 Å². The van der Waals surface area contributed by atoms with Gasteiger partial charge in [0.05, 0.1) is 0 Å². The third-order valence-corrected chi connectivity index (χ3v) is 3.20. The molecule has 1 aliphatic heterocycles. The maximum absolute atomic E-state index is 12.3. The van der Waals surface area contributed by atoms with Crippen LogP contribution in [0.5, 0.6) is 0 Å². The molecule has 0 saturated carbocycles. The molecule has 1 atom stereocenters. The number of fused-ring (bicyclic) bond motifs is 1.